The van der Waals surface area contributed by atoms with Crippen LogP contribution >= 0.6 is 15.9 Å². The van der Waals surface area contributed by atoms with Gasteiger partial charge in [-0.25, -0.2) is 4.98 Å². The number of nitrogen functional groups attached to an aromatic ring is 1. The van der Waals surface area contributed by atoms with Gasteiger partial charge in [-0.15, -0.1) is 0 Å². The fourth-order valence-corrected chi connectivity index (χ4v) is 1.23. The van der Waals surface area contributed by atoms with Crippen LogP contribution in [0.3, 0.4) is 0 Å². The third kappa shape index (κ3) is 2.33. The van der Waals surface area contributed by atoms with Gasteiger partial charge in [-0.3, -0.25) is 0 Å². The van der Waals surface area contributed by atoms with Gasteiger partial charge < -0.3 is 5.73 Å². The predicted octanol–water partition coefficient (Wildman–Crippen LogP) is 2.58. The second-order valence-electron chi connectivity index (χ2n) is 2.40. The topological polar surface area (TPSA) is 38.9 Å². The maximum absolute atomic E-state index is 12.1. The summed E-state index contributed by atoms with van der Waals surface area (Å²) in [5.74, 6) is 0.116. The molecule has 2 nitrogen and oxygen atoms in total. The molecule has 0 radical (unpaired) electrons. The minimum Gasteiger partial charge on any atom is -0.383 e. The van der Waals surface area contributed by atoms with E-state index >= 15 is 0 Å². The van der Waals surface area contributed by atoms with Crippen LogP contribution in [-0.4, -0.2) is 4.98 Å². The van der Waals surface area contributed by atoms with Crippen molar-refractivity contribution in [2.45, 2.75) is 11.5 Å². The van der Waals surface area contributed by atoms with Gasteiger partial charge in [0.1, 0.15) is 5.82 Å². The molecule has 0 bridgehead atoms. The van der Waals surface area contributed by atoms with Gasteiger partial charge in [-0.05, 0) is 6.07 Å². The van der Waals surface area contributed by atoms with Gasteiger partial charge in [0.05, 0.1) is 5.56 Å². The maximum Gasteiger partial charge on any atom is 0.417 e. The number of pyridine rings is 1. The number of nitrogens with zero attached hydrogens (tertiary/aromatic N) is 1. The average molecular weight is 255 g/mol. The predicted molar refractivity (Wildman–Crippen MR) is 46.3 cm³/mol. The number of anilines is 1. The number of halogens is 4. The first-order chi connectivity index (χ1) is 5.95. The van der Waals surface area contributed by atoms with E-state index in [-0.39, 0.29) is 11.1 Å². The Morgan fingerprint density at radius 2 is 2.08 bits per heavy atom. The molecule has 0 atom stereocenters. The van der Waals surface area contributed by atoms with Gasteiger partial charge >= 0.3 is 6.18 Å². The molecule has 0 aromatic carbocycles. The monoisotopic (exact) mass is 254 g/mol. The molecule has 1 aromatic heterocycles. The summed E-state index contributed by atoms with van der Waals surface area (Å²) < 4.78 is 36.4. The molecule has 0 unspecified atom stereocenters. The molecule has 0 aliphatic carbocycles. The Hall–Kier alpha value is -0.780. The van der Waals surface area contributed by atoms with Crippen molar-refractivity contribution in [2.24, 2.45) is 0 Å². The van der Waals surface area contributed by atoms with Gasteiger partial charge in [0.15, 0.2) is 0 Å². The van der Waals surface area contributed by atoms with Crippen LogP contribution in [0.1, 0.15) is 11.1 Å². The lowest BCUT2D eigenvalue weighted by molar-refractivity contribution is -0.137. The van der Waals surface area contributed by atoms with E-state index in [0.717, 1.165) is 12.3 Å². The molecule has 13 heavy (non-hydrogen) atoms. The van der Waals surface area contributed by atoms with Crippen molar-refractivity contribution in [3.8, 4) is 0 Å². The third-order valence-corrected chi connectivity index (χ3v) is 2.08. The van der Waals surface area contributed by atoms with E-state index in [9.17, 15) is 13.2 Å². The molecule has 2 N–H and O–H groups in total. The van der Waals surface area contributed by atoms with Crippen LogP contribution in [0, 0.1) is 0 Å². The molecule has 0 saturated heterocycles. The van der Waals surface area contributed by atoms with Gasteiger partial charge in [0.2, 0.25) is 0 Å². The quantitative estimate of drug-likeness (QED) is 0.783. The van der Waals surface area contributed by atoms with Gasteiger partial charge in [0.25, 0.3) is 0 Å². The molecule has 6 heteroatoms. The van der Waals surface area contributed by atoms with Crippen molar-refractivity contribution in [1.29, 1.82) is 0 Å². The minimum atomic E-state index is -4.36. The fourth-order valence-electron chi connectivity index (χ4n) is 0.783. The first-order valence-corrected chi connectivity index (χ1v) is 4.45. The lowest BCUT2D eigenvalue weighted by Crippen LogP contribution is -2.07. The van der Waals surface area contributed by atoms with E-state index in [1.165, 1.54) is 0 Å². The second kappa shape index (κ2) is 3.53. The minimum absolute atomic E-state index is 0.116. The van der Waals surface area contributed by atoms with Crippen molar-refractivity contribution in [2.75, 3.05) is 5.73 Å². The number of nitrogens with two attached hydrogens (primary N) is 1. The Morgan fingerprint density at radius 1 is 1.46 bits per heavy atom. The molecular formula is C7H6BrF3N2. The first kappa shape index (κ1) is 10.3. The number of alkyl halides is 4. The Morgan fingerprint density at radius 3 is 2.54 bits per heavy atom. The smallest absolute Gasteiger partial charge is 0.383 e. The van der Waals surface area contributed by atoms with Crippen LogP contribution in [0.4, 0.5) is 19.0 Å². The highest BCUT2D eigenvalue weighted by Gasteiger charge is 2.31. The van der Waals surface area contributed by atoms with Gasteiger partial charge in [0, 0.05) is 17.1 Å². The summed E-state index contributed by atoms with van der Waals surface area (Å²) in [4.78, 5) is 3.44. The molecule has 0 aliphatic rings. The largest absolute Gasteiger partial charge is 0.417 e. The molecule has 1 aromatic rings. The molecule has 0 aliphatic heterocycles. The van der Waals surface area contributed by atoms with Crippen molar-refractivity contribution < 1.29 is 13.2 Å². The highest BCUT2D eigenvalue weighted by molar-refractivity contribution is 9.08. The van der Waals surface area contributed by atoms with Crippen molar-refractivity contribution >= 4 is 21.7 Å². The van der Waals surface area contributed by atoms with Crippen molar-refractivity contribution in [3.63, 3.8) is 0 Å². The van der Waals surface area contributed by atoms with Crippen LogP contribution in [0.5, 0.6) is 0 Å². The molecular weight excluding hydrogens is 249 g/mol. The Labute approximate surface area is 81.1 Å². The summed E-state index contributed by atoms with van der Waals surface area (Å²) in [6, 6.07) is 0.983. The summed E-state index contributed by atoms with van der Waals surface area (Å²) in [5.41, 5.74) is 4.90. The van der Waals surface area contributed by atoms with Crippen LogP contribution in [0.2, 0.25) is 0 Å². The zero-order chi connectivity index (χ0) is 10.1. The van der Waals surface area contributed by atoms with Gasteiger partial charge in [-0.1, -0.05) is 15.9 Å². The summed E-state index contributed by atoms with van der Waals surface area (Å²) >= 11 is 3.02. The van der Waals surface area contributed by atoms with Crippen LogP contribution in [0.15, 0.2) is 12.3 Å². The van der Waals surface area contributed by atoms with Crippen LogP contribution < -0.4 is 5.73 Å². The zero-order valence-electron chi connectivity index (χ0n) is 6.40. The number of hydrogen-bond donors (Lipinski definition) is 1. The third-order valence-electron chi connectivity index (χ3n) is 1.47. The summed E-state index contributed by atoms with van der Waals surface area (Å²) in [7, 11) is 0. The molecule has 0 amide bonds. The van der Waals surface area contributed by atoms with E-state index in [1.54, 1.807) is 0 Å². The van der Waals surface area contributed by atoms with Crippen molar-refractivity contribution in [1.82, 2.24) is 4.98 Å². The van der Waals surface area contributed by atoms with E-state index < -0.39 is 11.7 Å². The molecule has 0 saturated carbocycles. The SMILES string of the molecule is Nc1ncc(C(F)(F)F)cc1CBr. The van der Waals surface area contributed by atoms with E-state index in [2.05, 4.69) is 20.9 Å². The first-order valence-electron chi connectivity index (χ1n) is 3.32. The second-order valence-corrected chi connectivity index (χ2v) is 2.96. The lowest BCUT2D eigenvalue weighted by Gasteiger charge is -2.08. The highest BCUT2D eigenvalue weighted by Crippen LogP contribution is 2.30. The van der Waals surface area contributed by atoms with Gasteiger partial charge in [-0.2, -0.15) is 13.2 Å². The number of rotatable bonds is 1. The van der Waals surface area contributed by atoms with E-state index in [4.69, 9.17) is 5.73 Å². The maximum atomic E-state index is 12.1. The molecule has 1 rings (SSSR count). The van der Waals surface area contributed by atoms with Crippen molar-refractivity contribution in [3.05, 3.63) is 23.4 Å². The van der Waals surface area contributed by atoms with E-state index in [0.29, 0.717) is 5.56 Å². The summed E-state index contributed by atoms with van der Waals surface area (Å²) in [5, 5.41) is 0.260. The standard InChI is InChI=1S/C7H6BrF3N2/c8-2-4-1-5(7(9,10)11)3-13-6(4)12/h1,3H,2H2,(H2,12,13). The zero-order valence-corrected chi connectivity index (χ0v) is 7.98. The fraction of sp³-hybridized carbons (Fsp3) is 0.286. The molecule has 0 fully saturated rings. The highest BCUT2D eigenvalue weighted by atomic mass is 79.9. The Kier molecular flexibility index (Phi) is 2.80. The molecule has 1 heterocycles. The average Bonchev–Trinajstić information content (AvgIpc) is 2.03. The Balaban J connectivity index is 3.14. The lowest BCUT2D eigenvalue weighted by atomic mass is 10.2. The number of hydrogen-bond acceptors (Lipinski definition) is 2. The van der Waals surface area contributed by atoms with E-state index in [1.807, 2.05) is 0 Å². The summed E-state index contributed by atoms with van der Waals surface area (Å²) in [6.45, 7) is 0. The molecule has 72 valence electrons. The number of aromatic nitrogens is 1. The Bertz CT molecular complexity index is 311. The van der Waals surface area contributed by atoms with Crippen LogP contribution in [0.25, 0.3) is 0 Å². The summed E-state index contributed by atoms with van der Waals surface area (Å²) in [6.07, 6.45) is -3.64. The van der Waals surface area contributed by atoms with Crippen LogP contribution in [-0.2, 0) is 11.5 Å². The molecule has 0 spiro atoms. The normalized spacial score (nSPS) is 11.7.